The van der Waals surface area contributed by atoms with Gasteiger partial charge in [0, 0.05) is 26.2 Å². The van der Waals surface area contributed by atoms with Crippen LogP contribution in [-0.4, -0.2) is 66.4 Å². The first kappa shape index (κ1) is 15.6. The van der Waals surface area contributed by atoms with Gasteiger partial charge in [-0.05, 0) is 19.1 Å². The van der Waals surface area contributed by atoms with E-state index in [4.69, 9.17) is 4.74 Å². The fourth-order valence-electron chi connectivity index (χ4n) is 3.02. The first-order valence-electron chi connectivity index (χ1n) is 7.75. The number of anilines is 1. The van der Waals surface area contributed by atoms with Crippen LogP contribution in [0.2, 0.25) is 0 Å². The topological polar surface area (TPSA) is 58.6 Å². The van der Waals surface area contributed by atoms with Gasteiger partial charge >= 0.3 is 0 Å². The minimum absolute atomic E-state index is 0.0617. The first-order valence-corrected chi connectivity index (χ1v) is 8.98. The summed E-state index contributed by atoms with van der Waals surface area (Å²) in [5.41, 5.74) is 0. The van der Waals surface area contributed by atoms with Crippen molar-refractivity contribution in [3.63, 3.8) is 0 Å². The third kappa shape index (κ3) is 3.52. The number of morpholine rings is 1. The van der Waals surface area contributed by atoms with Crippen LogP contribution in [0.4, 0.5) is 5.82 Å². The summed E-state index contributed by atoms with van der Waals surface area (Å²) in [6, 6.07) is 0. The van der Waals surface area contributed by atoms with E-state index in [2.05, 4.69) is 14.9 Å². The third-order valence-corrected chi connectivity index (χ3v) is 4.84. The van der Waals surface area contributed by atoms with Gasteiger partial charge in [-0.15, -0.1) is 11.8 Å². The zero-order chi connectivity index (χ0) is 15.4. The molecule has 0 radical (unpaired) electrons. The zero-order valence-electron chi connectivity index (χ0n) is 12.9. The maximum atomic E-state index is 12.7. The molecule has 2 aliphatic rings. The molecule has 3 rings (SSSR count). The number of rotatable bonds is 3. The first-order chi connectivity index (χ1) is 10.8. The van der Waals surface area contributed by atoms with Gasteiger partial charge in [0.1, 0.15) is 10.8 Å². The molecule has 2 aliphatic heterocycles. The summed E-state index contributed by atoms with van der Waals surface area (Å²) < 4.78 is 5.33. The van der Waals surface area contributed by atoms with Crippen LogP contribution in [-0.2, 0) is 9.53 Å². The van der Waals surface area contributed by atoms with Crippen LogP contribution in [0.3, 0.4) is 0 Å². The van der Waals surface area contributed by atoms with Gasteiger partial charge in [0.05, 0.1) is 31.5 Å². The summed E-state index contributed by atoms with van der Waals surface area (Å²) in [7, 11) is 0. The minimum Gasteiger partial charge on any atom is -0.378 e. The average Bonchev–Trinajstić information content (AvgIpc) is 2.62. The van der Waals surface area contributed by atoms with E-state index in [1.807, 2.05) is 11.2 Å². The van der Waals surface area contributed by atoms with Crippen molar-refractivity contribution in [2.24, 2.45) is 5.92 Å². The second kappa shape index (κ2) is 7.28. The van der Waals surface area contributed by atoms with Gasteiger partial charge in [-0.1, -0.05) is 0 Å². The molecule has 1 aromatic heterocycles. The van der Waals surface area contributed by atoms with Crippen molar-refractivity contribution < 1.29 is 9.53 Å². The normalized spacial score (nSPS) is 22.7. The molecule has 6 nitrogen and oxygen atoms in total. The summed E-state index contributed by atoms with van der Waals surface area (Å²) in [6.45, 7) is 4.43. The molecule has 22 heavy (non-hydrogen) atoms. The molecule has 0 bridgehead atoms. The molecule has 0 aromatic carbocycles. The number of piperidine rings is 1. The van der Waals surface area contributed by atoms with E-state index >= 15 is 0 Å². The quantitative estimate of drug-likeness (QED) is 0.781. The Labute approximate surface area is 135 Å². The highest BCUT2D eigenvalue weighted by atomic mass is 32.2. The largest absolute Gasteiger partial charge is 0.378 e. The Morgan fingerprint density at radius 3 is 2.91 bits per heavy atom. The Kier molecular flexibility index (Phi) is 5.15. The van der Waals surface area contributed by atoms with E-state index in [0.717, 1.165) is 49.9 Å². The van der Waals surface area contributed by atoms with E-state index in [1.54, 1.807) is 24.2 Å². The SMILES string of the molecule is CSc1cncc(N2CCCC(C(=O)N3CCOCC3)C2)n1. The summed E-state index contributed by atoms with van der Waals surface area (Å²) in [5.74, 6) is 1.21. The Morgan fingerprint density at radius 1 is 1.32 bits per heavy atom. The van der Waals surface area contributed by atoms with E-state index < -0.39 is 0 Å². The van der Waals surface area contributed by atoms with Gasteiger partial charge in [0.2, 0.25) is 5.91 Å². The molecule has 1 atom stereocenters. The Hall–Kier alpha value is -1.34. The predicted molar refractivity (Wildman–Crippen MR) is 86.1 cm³/mol. The molecule has 2 fully saturated rings. The van der Waals surface area contributed by atoms with Gasteiger partial charge in [-0.2, -0.15) is 0 Å². The van der Waals surface area contributed by atoms with E-state index in [-0.39, 0.29) is 11.8 Å². The highest BCUT2D eigenvalue weighted by Crippen LogP contribution is 2.24. The van der Waals surface area contributed by atoms with Gasteiger partial charge in [-0.25, -0.2) is 4.98 Å². The number of amides is 1. The number of ether oxygens (including phenoxy) is 1. The van der Waals surface area contributed by atoms with Crippen LogP contribution in [0, 0.1) is 5.92 Å². The summed E-state index contributed by atoms with van der Waals surface area (Å²) in [6.07, 6.45) is 7.54. The van der Waals surface area contributed by atoms with Crippen LogP contribution in [0.1, 0.15) is 12.8 Å². The summed E-state index contributed by atoms with van der Waals surface area (Å²) in [5, 5.41) is 0.916. The number of hydrogen-bond acceptors (Lipinski definition) is 6. The van der Waals surface area contributed by atoms with Crippen molar-refractivity contribution in [3.05, 3.63) is 12.4 Å². The minimum atomic E-state index is 0.0617. The Balaban J connectivity index is 1.66. The van der Waals surface area contributed by atoms with Crippen LogP contribution in [0.25, 0.3) is 0 Å². The second-order valence-corrected chi connectivity index (χ2v) is 6.47. The lowest BCUT2D eigenvalue weighted by Crippen LogP contribution is -2.48. The highest BCUT2D eigenvalue weighted by Gasteiger charge is 2.30. The summed E-state index contributed by atoms with van der Waals surface area (Å²) >= 11 is 1.59. The van der Waals surface area contributed by atoms with Gasteiger partial charge in [0.25, 0.3) is 0 Å². The second-order valence-electron chi connectivity index (χ2n) is 5.64. The number of nitrogens with zero attached hydrogens (tertiary/aromatic N) is 4. The molecule has 0 aliphatic carbocycles. The predicted octanol–water partition coefficient (Wildman–Crippen LogP) is 1.27. The van der Waals surface area contributed by atoms with Crippen molar-refractivity contribution in [1.29, 1.82) is 0 Å². The van der Waals surface area contributed by atoms with Crippen molar-refractivity contribution >= 4 is 23.5 Å². The maximum Gasteiger partial charge on any atom is 0.227 e. The molecule has 7 heteroatoms. The van der Waals surface area contributed by atoms with Crippen molar-refractivity contribution in [1.82, 2.24) is 14.9 Å². The summed E-state index contributed by atoms with van der Waals surface area (Å²) in [4.78, 5) is 25.7. The van der Waals surface area contributed by atoms with Crippen LogP contribution in [0.5, 0.6) is 0 Å². The Bertz CT molecular complexity index is 522. The molecule has 3 heterocycles. The number of aromatic nitrogens is 2. The van der Waals surface area contributed by atoms with Crippen molar-refractivity contribution in [2.45, 2.75) is 17.9 Å². The molecule has 0 saturated carbocycles. The van der Waals surface area contributed by atoms with Crippen LogP contribution in [0.15, 0.2) is 17.4 Å². The molecule has 1 amide bonds. The van der Waals surface area contributed by atoms with Crippen molar-refractivity contribution in [2.75, 3.05) is 50.5 Å². The van der Waals surface area contributed by atoms with Crippen molar-refractivity contribution in [3.8, 4) is 0 Å². The third-order valence-electron chi connectivity index (χ3n) is 4.23. The molecular weight excluding hydrogens is 300 g/mol. The molecule has 1 unspecified atom stereocenters. The lowest BCUT2D eigenvalue weighted by Gasteiger charge is -2.36. The molecule has 0 N–H and O–H groups in total. The number of carbonyl (C=O) groups excluding carboxylic acids is 1. The highest BCUT2D eigenvalue weighted by molar-refractivity contribution is 7.98. The molecule has 120 valence electrons. The van der Waals surface area contributed by atoms with E-state index in [1.165, 1.54) is 0 Å². The lowest BCUT2D eigenvalue weighted by molar-refractivity contribution is -0.139. The number of hydrogen-bond donors (Lipinski definition) is 0. The monoisotopic (exact) mass is 322 g/mol. The Morgan fingerprint density at radius 2 is 2.14 bits per heavy atom. The molecule has 1 aromatic rings. The van der Waals surface area contributed by atoms with Crippen LogP contribution < -0.4 is 4.90 Å². The molecule has 2 saturated heterocycles. The van der Waals surface area contributed by atoms with Gasteiger partial charge in [-0.3, -0.25) is 9.78 Å². The molecular formula is C15H22N4O2S. The molecule has 0 spiro atoms. The van der Waals surface area contributed by atoms with Gasteiger partial charge < -0.3 is 14.5 Å². The number of carbonyl (C=O) groups is 1. The smallest absolute Gasteiger partial charge is 0.227 e. The fourth-order valence-corrected chi connectivity index (χ4v) is 3.37. The van der Waals surface area contributed by atoms with Crippen LogP contribution >= 0.6 is 11.8 Å². The van der Waals surface area contributed by atoms with E-state index in [0.29, 0.717) is 13.2 Å². The number of thioether (sulfide) groups is 1. The lowest BCUT2D eigenvalue weighted by atomic mass is 9.96. The van der Waals surface area contributed by atoms with Gasteiger partial charge in [0.15, 0.2) is 0 Å². The maximum absolute atomic E-state index is 12.7. The average molecular weight is 322 g/mol. The zero-order valence-corrected chi connectivity index (χ0v) is 13.7. The standard InChI is InChI=1S/C15H22N4O2S/c1-22-14-10-16-9-13(17-14)19-4-2-3-12(11-19)15(20)18-5-7-21-8-6-18/h9-10,12H,2-8,11H2,1H3. The van der Waals surface area contributed by atoms with E-state index in [9.17, 15) is 4.79 Å². The fraction of sp³-hybridized carbons (Fsp3) is 0.667.